The van der Waals surface area contributed by atoms with Crippen LogP contribution in [0, 0.1) is 5.82 Å². The average Bonchev–Trinajstić information content (AvgIpc) is 3.10. The summed E-state index contributed by atoms with van der Waals surface area (Å²) in [6.07, 6.45) is 2.91. The van der Waals surface area contributed by atoms with Crippen LogP contribution in [0.3, 0.4) is 0 Å². The first kappa shape index (κ1) is 19.8. The van der Waals surface area contributed by atoms with Gasteiger partial charge in [0, 0.05) is 17.3 Å². The number of anilines is 1. The predicted molar refractivity (Wildman–Crippen MR) is 113 cm³/mol. The van der Waals surface area contributed by atoms with E-state index in [9.17, 15) is 19.2 Å². The van der Waals surface area contributed by atoms with Gasteiger partial charge in [0.1, 0.15) is 11.3 Å². The second kappa shape index (κ2) is 8.11. The smallest absolute Gasteiger partial charge is 0.335 e. The van der Waals surface area contributed by atoms with Gasteiger partial charge in [0.2, 0.25) is 5.91 Å². The molecule has 1 heterocycles. The molecule has 4 rings (SSSR count). The molecule has 4 aromatic rings. The minimum absolute atomic E-state index is 0.0426. The Kier molecular flexibility index (Phi) is 5.19. The van der Waals surface area contributed by atoms with Crippen LogP contribution in [-0.2, 0) is 4.79 Å². The maximum absolute atomic E-state index is 12.9. The van der Waals surface area contributed by atoms with Gasteiger partial charge in [-0.15, -0.1) is 0 Å². The summed E-state index contributed by atoms with van der Waals surface area (Å²) in [6.45, 7) is 0. The number of aromatic carboxylic acids is 1. The van der Waals surface area contributed by atoms with Gasteiger partial charge in [0.05, 0.1) is 11.1 Å². The van der Waals surface area contributed by atoms with Crippen molar-refractivity contribution in [3.05, 3.63) is 89.8 Å². The molecule has 0 radical (unpaired) electrons. The molecule has 3 N–H and O–H groups in total. The molecule has 8 heteroatoms. The van der Waals surface area contributed by atoms with Gasteiger partial charge in [0.15, 0.2) is 5.82 Å². The Morgan fingerprint density at radius 3 is 2.39 bits per heavy atom. The second-order valence-electron chi connectivity index (χ2n) is 6.71. The van der Waals surface area contributed by atoms with Crippen LogP contribution in [0.2, 0.25) is 0 Å². The number of rotatable bonds is 5. The maximum Gasteiger partial charge on any atom is 0.335 e. The number of halogens is 1. The number of nitrogens with zero attached hydrogens (tertiary/aromatic N) is 2. The van der Waals surface area contributed by atoms with Crippen molar-refractivity contribution in [3.63, 3.8) is 0 Å². The van der Waals surface area contributed by atoms with Gasteiger partial charge in [-0.1, -0.05) is 12.1 Å². The molecule has 7 nitrogen and oxygen atoms in total. The van der Waals surface area contributed by atoms with Crippen LogP contribution in [0.4, 0.5) is 10.1 Å². The van der Waals surface area contributed by atoms with Crippen LogP contribution < -0.4 is 5.32 Å². The summed E-state index contributed by atoms with van der Waals surface area (Å²) in [7, 11) is 0. The van der Waals surface area contributed by atoms with Crippen molar-refractivity contribution >= 4 is 34.7 Å². The molecule has 0 saturated carbocycles. The number of hydrogen-bond acceptors (Lipinski definition) is 4. The van der Waals surface area contributed by atoms with Crippen LogP contribution in [0.15, 0.2) is 72.8 Å². The highest BCUT2D eigenvalue weighted by molar-refractivity contribution is 6.02. The fourth-order valence-corrected chi connectivity index (χ4v) is 3.02. The number of carbonyl (C=O) groups excluding carboxylic acids is 1. The molecular formula is C23H16FN3O4. The number of amides is 1. The quantitative estimate of drug-likeness (QED) is 0.329. The fourth-order valence-electron chi connectivity index (χ4n) is 3.02. The minimum atomic E-state index is -1.10. The van der Waals surface area contributed by atoms with Gasteiger partial charge < -0.3 is 15.6 Å². The molecule has 3 aromatic carbocycles. The lowest BCUT2D eigenvalue weighted by Crippen LogP contribution is -2.07. The van der Waals surface area contributed by atoms with Gasteiger partial charge in [-0.3, -0.25) is 4.79 Å². The van der Waals surface area contributed by atoms with Crippen LogP contribution in [-0.4, -0.2) is 31.9 Å². The van der Waals surface area contributed by atoms with Gasteiger partial charge in [-0.2, -0.15) is 4.73 Å². The number of hydrogen-bond donors (Lipinski definition) is 3. The Bertz CT molecular complexity index is 1310. The monoisotopic (exact) mass is 417 g/mol. The van der Waals surface area contributed by atoms with E-state index >= 15 is 0 Å². The molecule has 0 aliphatic rings. The first-order valence-electron chi connectivity index (χ1n) is 9.21. The maximum atomic E-state index is 12.9. The van der Waals surface area contributed by atoms with Gasteiger partial charge in [-0.05, 0) is 66.2 Å². The standard InChI is InChI=1S/C23H16FN3O4/c24-17-7-1-14(2-8-17)3-12-21(28)25-18-9-4-15(5-10-18)22-26-19-11-6-16(23(29)30)13-20(19)27(22)31/h1-13,31H,(H,25,28)(H,29,30). The molecule has 0 spiro atoms. The zero-order chi connectivity index (χ0) is 22.0. The summed E-state index contributed by atoms with van der Waals surface area (Å²) in [5.41, 5.74) is 2.58. The molecule has 0 unspecified atom stereocenters. The highest BCUT2D eigenvalue weighted by Crippen LogP contribution is 2.25. The zero-order valence-corrected chi connectivity index (χ0v) is 16.0. The van der Waals surface area contributed by atoms with Gasteiger partial charge in [-0.25, -0.2) is 14.2 Å². The van der Waals surface area contributed by atoms with Crippen molar-refractivity contribution in [1.82, 2.24) is 9.71 Å². The van der Waals surface area contributed by atoms with Crippen molar-refractivity contribution in [3.8, 4) is 11.4 Å². The summed E-state index contributed by atoms with van der Waals surface area (Å²) in [5.74, 6) is -1.56. The fraction of sp³-hybridized carbons (Fsp3) is 0. The summed E-state index contributed by atoms with van der Waals surface area (Å²) in [5, 5.41) is 22.2. The Hall–Kier alpha value is -4.46. The number of benzene rings is 3. The van der Waals surface area contributed by atoms with Gasteiger partial charge in [0.25, 0.3) is 0 Å². The number of carboxylic acids is 1. The first-order chi connectivity index (χ1) is 14.9. The summed E-state index contributed by atoms with van der Waals surface area (Å²) in [4.78, 5) is 27.6. The van der Waals surface area contributed by atoms with Crippen molar-refractivity contribution in [2.75, 3.05) is 5.32 Å². The lowest BCUT2D eigenvalue weighted by Gasteiger charge is -2.05. The van der Waals surface area contributed by atoms with Crippen LogP contribution >= 0.6 is 0 Å². The lowest BCUT2D eigenvalue weighted by atomic mass is 10.2. The third-order valence-corrected chi connectivity index (χ3v) is 4.59. The largest absolute Gasteiger partial charge is 0.478 e. The molecule has 0 aliphatic heterocycles. The molecule has 31 heavy (non-hydrogen) atoms. The van der Waals surface area contributed by atoms with Crippen molar-refractivity contribution in [1.29, 1.82) is 0 Å². The Morgan fingerprint density at radius 2 is 1.71 bits per heavy atom. The molecular weight excluding hydrogens is 401 g/mol. The van der Waals surface area contributed by atoms with E-state index in [0.717, 1.165) is 4.73 Å². The SMILES string of the molecule is O=C(C=Cc1ccc(F)cc1)Nc1ccc(-c2nc3ccc(C(=O)O)cc3n2O)cc1. The predicted octanol–water partition coefficient (Wildman–Crippen LogP) is 4.43. The van der Waals surface area contributed by atoms with Gasteiger partial charge >= 0.3 is 5.97 Å². The van der Waals surface area contributed by atoms with Crippen LogP contribution in [0.5, 0.6) is 0 Å². The number of imidazole rings is 1. The normalized spacial score (nSPS) is 11.1. The number of carboxylic acid groups (broad SMARTS) is 1. The van der Waals surface area contributed by atoms with E-state index in [1.807, 2.05) is 0 Å². The van der Waals surface area contributed by atoms with Crippen LogP contribution in [0.25, 0.3) is 28.5 Å². The molecule has 1 aromatic heterocycles. The summed E-state index contributed by atoms with van der Waals surface area (Å²) in [6, 6.07) is 16.7. The van der Waals surface area contributed by atoms with E-state index < -0.39 is 5.97 Å². The van der Waals surface area contributed by atoms with E-state index in [2.05, 4.69) is 10.3 Å². The molecule has 154 valence electrons. The van der Waals surface area contributed by atoms with Crippen molar-refractivity contribution in [2.24, 2.45) is 0 Å². The number of aromatic nitrogens is 2. The first-order valence-corrected chi connectivity index (χ1v) is 9.21. The molecule has 0 bridgehead atoms. The molecule has 0 saturated heterocycles. The third kappa shape index (κ3) is 4.27. The average molecular weight is 417 g/mol. The molecule has 0 fully saturated rings. The van der Waals surface area contributed by atoms with E-state index in [0.29, 0.717) is 22.3 Å². The van der Waals surface area contributed by atoms with Crippen LogP contribution in [0.1, 0.15) is 15.9 Å². The third-order valence-electron chi connectivity index (χ3n) is 4.59. The number of fused-ring (bicyclic) bond motifs is 1. The molecule has 0 aliphatic carbocycles. The topological polar surface area (TPSA) is 104 Å². The van der Waals surface area contributed by atoms with E-state index in [-0.39, 0.29) is 28.6 Å². The Balaban J connectivity index is 1.50. The highest BCUT2D eigenvalue weighted by Gasteiger charge is 2.14. The van der Waals surface area contributed by atoms with E-state index in [4.69, 9.17) is 5.11 Å². The Labute approximate surface area is 175 Å². The summed E-state index contributed by atoms with van der Waals surface area (Å²) < 4.78 is 13.7. The molecule has 0 atom stereocenters. The van der Waals surface area contributed by atoms with Crippen molar-refractivity contribution < 1.29 is 24.3 Å². The second-order valence-corrected chi connectivity index (χ2v) is 6.71. The lowest BCUT2D eigenvalue weighted by molar-refractivity contribution is -0.111. The van der Waals surface area contributed by atoms with Crippen molar-refractivity contribution in [2.45, 2.75) is 0 Å². The number of carbonyl (C=O) groups is 2. The minimum Gasteiger partial charge on any atom is -0.478 e. The summed E-state index contributed by atoms with van der Waals surface area (Å²) >= 11 is 0. The highest BCUT2D eigenvalue weighted by atomic mass is 19.1. The Morgan fingerprint density at radius 1 is 1.00 bits per heavy atom. The molecule has 1 amide bonds. The number of nitrogens with one attached hydrogen (secondary N) is 1. The van der Waals surface area contributed by atoms with E-state index in [1.165, 1.54) is 36.4 Å². The van der Waals surface area contributed by atoms with E-state index in [1.54, 1.807) is 42.5 Å². The zero-order valence-electron chi connectivity index (χ0n) is 16.0.